The number of amides is 1. The maximum atomic E-state index is 12.9. The maximum absolute atomic E-state index is 12.9. The van der Waals surface area contributed by atoms with E-state index in [1.54, 1.807) is 35.8 Å². The van der Waals surface area contributed by atoms with Crippen LogP contribution in [0.15, 0.2) is 52.2 Å². The van der Waals surface area contributed by atoms with Gasteiger partial charge in [0.25, 0.3) is 5.56 Å². The molecule has 3 aromatic rings. The second kappa shape index (κ2) is 7.66. The summed E-state index contributed by atoms with van der Waals surface area (Å²) >= 11 is 0. The number of nitrogens with zero attached hydrogens (tertiary/aromatic N) is 2. The molecule has 1 aliphatic rings. The average molecular weight is 426 g/mol. The lowest BCUT2D eigenvalue weighted by Crippen LogP contribution is -2.25. The molecule has 2 aromatic carbocycles. The first-order chi connectivity index (χ1) is 14.2. The number of rotatable bonds is 6. The Morgan fingerprint density at radius 2 is 1.97 bits per heavy atom. The Hall–Kier alpha value is -3.04. The van der Waals surface area contributed by atoms with Gasteiger partial charge < -0.3 is 5.32 Å². The second-order valence-electron chi connectivity index (χ2n) is 7.52. The molecule has 30 heavy (non-hydrogen) atoms. The Bertz CT molecular complexity index is 1310. The molecule has 0 aliphatic heterocycles. The van der Waals surface area contributed by atoms with Crippen LogP contribution in [0.3, 0.4) is 0 Å². The summed E-state index contributed by atoms with van der Waals surface area (Å²) in [6.07, 6.45) is 2.27. The van der Waals surface area contributed by atoms with Gasteiger partial charge in [0, 0.05) is 24.6 Å². The SMILES string of the molecule is Cc1ccc(NC(=O)CCc2nc3ccccc3c(=O)n2C2CC2)cc1S(N)(=O)=O. The lowest BCUT2D eigenvalue weighted by molar-refractivity contribution is -0.116. The Morgan fingerprint density at radius 1 is 1.23 bits per heavy atom. The first kappa shape index (κ1) is 20.2. The number of aromatic nitrogens is 2. The van der Waals surface area contributed by atoms with E-state index in [0.717, 1.165) is 12.8 Å². The number of nitrogens with two attached hydrogens (primary N) is 1. The number of hydrogen-bond donors (Lipinski definition) is 2. The highest BCUT2D eigenvalue weighted by Crippen LogP contribution is 2.35. The van der Waals surface area contributed by atoms with Crippen molar-refractivity contribution in [1.82, 2.24) is 9.55 Å². The van der Waals surface area contributed by atoms with E-state index in [1.165, 1.54) is 6.07 Å². The number of sulfonamides is 1. The molecule has 8 nitrogen and oxygen atoms in total. The molecule has 1 aliphatic carbocycles. The quantitative estimate of drug-likeness (QED) is 0.626. The number of carbonyl (C=O) groups excluding carboxylic acids is 1. The molecule has 0 unspecified atom stereocenters. The standard InChI is InChI=1S/C21H22N4O4S/c1-13-6-7-14(12-18(13)30(22,28)29)23-20(26)11-10-19-24-17-5-3-2-4-16(17)21(27)25(19)15-8-9-15/h2-7,12,15H,8-11H2,1H3,(H,23,26)(H2,22,28,29). The van der Waals surface area contributed by atoms with Gasteiger partial charge in [0.1, 0.15) is 5.82 Å². The predicted octanol–water partition coefficient (Wildman–Crippen LogP) is 2.26. The topological polar surface area (TPSA) is 124 Å². The number of nitrogens with one attached hydrogen (secondary N) is 1. The fourth-order valence-corrected chi connectivity index (χ4v) is 4.32. The number of fused-ring (bicyclic) bond motifs is 1. The lowest BCUT2D eigenvalue weighted by Gasteiger charge is -2.13. The van der Waals surface area contributed by atoms with Crippen LogP contribution in [0.2, 0.25) is 0 Å². The predicted molar refractivity (Wildman–Crippen MR) is 114 cm³/mol. The highest BCUT2D eigenvalue weighted by Gasteiger charge is 2.28. The summed E-state index contributed by atoms with van der Waals surface area (Å²) in [6.45, 7) is 1.63. The number of primary sulfonamides is 1. The molecular formula is C21H22N4O4S. The number of para-hydroxylation sites is 1. The zero-order chi connectivity index (χ0) is 21.5. The fourth-order valence-electron chi connectivity index (χ4n) is 3.51. The van der Waals surface area contributed by atoms with Gasteiger partial charge in [-0.05, 0) is 49.6 Å². The van der Waals surface area contributed by atoms with Crippen molar-refractivity contribution in [2.75, 3.05) is 5.32 Å². The Morgan fingerprint density at radius 3 is 2.67 bits per heavy atom. The van der Waals surface area contributed by atoms with Crippen LogP contribution in [-0.2, 0) is 21.2 Å². The third kappa shape index (κ3) is 4.12. The van der Waals surface area contributed by atoms with Crippen molar-refractivity contribution < 1.29 is 13.2 Å². The van der Waals surface area contributed by atoms with Gasteiger partial charge in [0.15, 0.2) is 0 Å². The van der Waals surface area contributed by atoms with E-state index in [2.05, 4.69) is 10.3 Å². The Balaban J connectivity index is 1.54. The largest absolute Gasteiger partial charge is 0.326 e. The molecule has 1 saturated carbocycles. The molecule has 3 N–H and O–H groups in total. The zero-order valence-electron chi connectivity index (χ0n) is 16.5. The molecule has 0 bridgehead atoms. The van der Waals surface area contributed by atoms with Crippen LogP contribution in [0.25, 0.3) is 10.9 Å². The van der Waals surface area contributed by atoms with E-state index < -0.39 is 10.0 Å². The van der Waals surface area contributed by atoms with E-state index in [9.17, 15) is 18.0 Å². The molecule has 0 spiro atoms. The van der Waals surface area contributed by atoms with Crippen molar-refractivity contribution in [1.29, 1.82) is 0 Å². The normalized spacial score (nSPS) is 14.1. The summed E-state index contributed by atoms with van der Waals surface area (Å²) in [7, 11) is -3.88. The van der Waals surface area contributed by atoms with E-state index in [-0.39, 0.29) is 28.8 Å². The van der Waals surface area contributed by atoms with E-state index in [1.807, 2.05) is 12.1 Å². The number of anilines is 1. The maximum Gasteiger partial charge on any atom is 0.261 e. The Labute approximate surface area is 173 Å². The van der Waals surface area contributed by atoms with Crippen molar-refractivity contribution in [2.24, 2.45) is 5.14 Å². The Kier molecular flexibility index (Phi) is 5.17. The first-order valence-electron chi connectivity index (χ1n) is 9.67. The van der Waals surface area contributed by atoms with Crippen LogP contribution in [-0.4, -0.2) is 23.9 Å². The van der Waals surface area contributed by atoms with Crippen molar-refractivity contribution in [3.8, 4) is 0 Å². The molecule has 0 saturated heterocycles. The van der Waals surface area contributed by atoms with Gasteiger partial charge in [0.05, 0.1) is 15.8 Å². The van der Waals surface area contributed by atoms with Gasteiger partial charge >= 0.3 is 0 Å². The smallest absolute Gasteiger partial charge is 0.261 e. The van der Waals surface area contributed by atoms with Crippen LogP contribution < -0.4 is 16.0 Å². The van der Waals surface area contributed by atoms with Crippen molar-refractivity contribution in [2.45, 2.75) is 43.5 Å². The van der Waals surface area contributed by atoms with Crippen LogP contribution in [0.4, 0.5) is 5.69 Å². The summed E-state index contributed by atoms with van der Waals surface area (Å²) in [5.41, 5.74) is 1.39. The van der Waals surface area contributed by atoms with Crippen LogP contribution in [0.1, 0.15) is 36.7 Å². The highest BCUT2D eigenvalue weighted by atomic mass is 32.2. The molecule has 1 amide bonds. The van der Waals surface area contributed by atoms with Crippen molar-refractivity contribution in [3.63, 3.8) is 0 Å². The molecule has 1 heterocycles. The van der Waals surface area contributed by atoms with Crippen molar-refractivity contribution >= 4 is 32.5 Å². The van der Waals surface area contributed by atoms with Crippen molar-refractivity contribution in [3.05, 3.63) is 64.2 Å². The zero-order valence-corrected chi connectivity index (χ0v) is 17.3. The number of hydrogen-bond acceptors (Lipinski definition) is 5. The molecule has 0 atom stereocenters. The molecule has 0 radical (unpaired) electrons. The summed E-state index contributed by atoms with van der Waals surface area (Å²) in [5.74, 6) is 0.287. The van der Waals surface area contributed by atoms with Crippen LogP contribution >= 0.6 is 0 Å². The molecule has 1 aromatic heterocycles. The van der Waals surface area contributed by atoms with Gasteiger partial charge in [-0.3, -0.25) is 14.2 Å². The minimum Gasteiger partial charge on any atom is -0.326 e. The second-order valence-corrected chi connectivity index (χ2v) is 9.05. The van der Waals surface area contributed by atoms with E-state index in [0.29, 0.717) is 34.4 Å². The third-order valence-corrected chi connectivity index (χ3v) is 6.20. The van der Waals surface area contributed by atoms with Gasteiger partial charge in [-0.25, -0.2) is 18.5 Å². The van der Waals surface area contributed by atoms with Gasteiger partial charge in [-0.2, -0.15) is 0 Å². The molecule has 9 heteroatoms. The molecule has 4 rings (SSSR count). The minimum absolute atomic E-state index is 0.0286. The highest BCUT2D eigenvalue weighted by molar-refractivity contribution is 7.89. The first-order valence-corrected chi connectivity index (χ1v) is 11.2. The monoisotopic (exact) mass is 426 g/mol. The van der Waals surface area contributed by atoms with Gasteiger partial charge in [-0.15, -0.1) is 0 Å². The lowest BCUT2D eigenvalue weighted by atomic mass is 10.2. The molecule has 1 fully saturated rings. The van der Waals surface area contributed by atoms with E-state index >= 15 is 0 Å². The fraction of sp³-hybridized carbons (Fsp3) is 0.286. The van der Waals surface area contributed by atoms with Crippen LogP contribution in [0.5, 0.6) is 0 Å². The molecular weight excluding hydrogens is 404 g/mol. The summed E-state index contributed by atoms with van der Waals surface area (Å²) in [5, 5.41) is 8.49. The number of aryl methyl sites for hydroxylation is 2. The number of carbonyl (C=O) groups is 1. The number of benzene rings is 2. The average Bonchev–Trinajstić information content (AvgIpc) is 3.52. The summed E-state index contributed by atoms with van der Waals surface area (Å²) in [6, 6.07) is 11.9. The van der Waals surface area contributed by atoms with Gasteiger partial charge in [-0.1, -0.05) is 18.2 Å². The minimum atomic E-state index is -3.88. The summed E-state index contributed by atoms with van der Waals surface area (Å²) in [4.78, 5) is 29.9. The summed E-state index contributed by atoms with van der Waals surface area (Å²) < 4.78 is 25.1. The van der Waals surface area contributed by atoms with Crippen LogP contribution in [0, 0.1) is 6.92 Å². The van der Waals surface area contributed by atoms with E-state index in [4.69, 9.17) is 5.14 Å². The van der Waals surface area contributed by atoms with Gasteiger partial charge in [0.2, 0.25) is 15.9 Å². The molecule has 156 valence electrons. The third-order valence-electron chi connectivity index (χ3n) is 5.15.